The molecule has 0 radical (unpaired) electrons. The number of aryl methyl sites for hydroxylation is 1. The van der Waals surface area contributed by atoms with Crippen LogP contribution in [0.2, 0.25) is 0 Å². The van der Waals surface area contributed by atoms with Gasteiger partial charge in [0.1, 0.15) is 0 Å². The van der Waals surface area contributed by atoms with Gasteiger partial charge in [-0.3, -0.25) is 0 Å². The highest BCUT2D eigenvalue weighted by Crippen LogP contribution is 2.36. The van der Waals surface area contributed by atoms with Crippen LogP contribution in [-0.2, 0) is 5.41 Å². The Hall–Kier alpha value is -0.970. The molecule has 1 aromatic heterocycles. The van der Waals surface area contributed by atoms with Crippen LogP contribution in [0.25, 0.3) is 0 Å². The SMILES string of the molecule is Cc1nc([N+](=O)[O-])c(C(C)(C)C)c(C)c1Br. The summed E-state index contributed by atoms with van der Waals surface area (Å²) in [6.07, 6.45) is 0. The lowest BCUT2D eigenvalue weighted by molar-refractivity contribution is -0.390. The number of hydrogen-bond donors (Lipinski definition) is 0. The topological polar surface area (TPSA) is 56.0 Å². The molecule has 1 rings (SSSR count). The fourth-order valence-corrected chi connectivity index (χ4v) is 2.13. The number of hydrogen-bond acceptors (Lipinski definition) is 3. The molecule has 1 heterocycles. The van der Waals surface area contributed by atoms with E-state index in [2.05, 4.69) is 20.9 Å². The predicted molar refractivity (Wildman–Crippen MR) is 66.8 cm³/mol. The van der Waals surface area contributed by atoms with Gasteiger partial charge in [0, 0.05) is 6.92 Å². The lowest BCUT2D eigenvalue weighted by Crippen LogP contribution is -2.18. The van der Waals surface area contributed by atoms with Gasteiger partial charge in [-0.2, -0.15) is 0 Å². The highest BCUT2D eigenvalue weighted by Gasteiger charge is 2.30. The zero-order valence-electron chi connectivity index (χ0n) is 10.1. The molecule has 0 atom stereocenters. The third kappa shape index (κ3) is 2.24. The van der Waals surface area contributed by atoms with Gasteiger partial charge in [0.15, 0.2) is 5.69 Å². The maximum atomic E-state index is 11.0. The molecule has 0 aliphatic rings. The molecule has 0 aliphatic carbocycles. The van der Waals surface area contributed by atoms with Crippen LogP contribution < -0.4 is 0 Å². The second-order valence-electron chi connectivity index (χ2n) is 4.84. The summed E-state index contributed by atoms with van der Waals surface area (Å²) in [6.45, 7) is 9.49. The van der Waals surface area contributed by atoms with Crippen molar-refractivity contribution in [3.8, 4) is 0 Å². The zero-order chi connectivity index (χ0) is 12.7. The molecule has 0 unspecified atom stereocenters. The maximum absolute atomic E-state index is 11.0. The number of pyridine rings is 1. The first-order valence-electron chi connectivity index (χ1n) is 4.97. The van der Waals surface area contributed by atoms with Gasteiger partial charge in [-0.1, -0.05) is 20.8 Å². The average Bonchev–Trinajstić information content (AvgIpc) is 2.10. The second kappa shape index (κ2) is 4.13. The highest BCUT2D eigenvalue weighted by molar-refractivity contribution is 9.10. The van der Waals surface area contributed by atoms with E-state index < -0.39 is 4.92 Å². The van der Waals surface area contributed by atoms with Gasteiger partial charge >= 0.3 is 5.82 Å². The van der Waals surface area contributed by atoms with Gasteiger partial charge in [0.25, 0.3) is 0 Å². The monoisotopic (exact) mass is 286 g/mol. The molecule has 0 N–H and O–H groups in total. The summed E-state index contributed by atoms with van der Waals surface area (Å²) < 4.78 is 0.850. The summed E-state index contributed by atoms with van der Waals surface area (Å²) in [6, 6.07) is 0. The molecule has 0 bridgehead atoms. The Morgan fingerprint density at radius 2 is 1.81 bits per heavy atom. The predicted octanol–water partition coefficient (Wildman–Crippen LogP) is 3.67. The van der Waals surface area contributed by atoms with E-state index >= 15 is 0 Å². The Morgan fingerprint density at radius 1 is 1.31 bits per heavy atom. The maximum Gasteiger partial charge on any atom is 0.367 e. The first-order chi connectivity index (χ1) is 7.16. The fraction of sp³-hybridized carbons (Fsp3) is 0.545. The van der Waals surface area contributed by atoms with Crippen LogP contribution in [0.5, 0.6) is 0 Å². The van der Waals surface area contributed by atoms with E-state index in [1.54, 1.807) is 6.92 Å². The largest absolute Gasteiger partial charge is 0.367 e. The normalized spacial score (nSPS) is 11.6. The molecule has 4 nitrogen and oxygen atoms in total. The van der Waals surface area contributed by atoms with Crippen molar-refractivity contribution in [1.29, 1.82) is 0 Å². The molecule has 0 amide bonds. The molecule has 0 aliphatic heterocycles. The van der Waals surface area contributed by atoms with E-state index in [0.717, 1.165) is 10.0 Å². The Bertz CT molecular complexity index is 450. The van der Waals surface area contributed by atoms with E-state index in [1.807, 2.05) is 27.7 Å². The van der Waals surface area contributed by atoms with Crippen LogP contribution in [0.3, 0.4) is 0 Å². The minimum atomic E-state index is -0.410. The minimum absolute atomic E-state index is 0.0364. The lowest BCUT2D eigenvalue weighted by Gasteiger charge is -2.21. The number of nitro groups is 1. The van der Waals surface area contributed by atoms with E-state index in [0.29, 0.717) is 11.3 Å². The van der Waals surface area contributed by atoms with Gasteiger partial charge in [0.05, 0.1) is 10.0 Å². The van der Waals surface area contributed by atoms with Crippen molar-refractivity contribution in [2.75, 3.05) is 0 Å². The average molecular weight is 287 g/mol. The van der Waals surface area contributed by atoms with Crippen molar-refractivity contribution in [3.05, 3.63) is 31.4 Å². The number of halogens is 1. The lowest BCUT2D eigenvalue weighted by atomic mass is 9.84. The molecular formula is C11H15BrN2O2. The second-order valence-corrected chi connectivity index (χ2v) is 5.63. The standard InChI is InChI=1S/C11H15BrN2O2/c1-6-8(11(3,4)5)10(14(15)16)13-7(2)9(6)12/h1-5H3. The molecule has 1 aromatic rings. The summed E-state index contributed by atoms with van der Waals surface area (Å²) in [5.74, 6) is -0.0364. The molecule has 0 fully saturated rings. The molecular weight excluding hydrogens is 272 g/mol. The molecule has 16 heavy (non-hydrogen) atoms. The van der Waals surface area contributed by atoms with Crippen LogP contribution in [0.1, 0.15) is 37.6 Å². The van der Waals surface area contributed by atoms with Crippen molar-refractivity contribution in [2.24, 2.45) is 0 Å². The van der Waals surface area contributed by atoms with Crippen LogP contribution in [0.15, 0.2) is 4.47 Å². The Kier molecular flexibility index (Phi) is 3.38. The summed E-state index contributed by atoms with van der Waals surface area (Å²) in [5.41, 5.74) is 1.94. The van der Waals surface area contributed by atoms with Crippen LogP contribution >= 0.6 is 15.9 Å². The molecule has 0 saturated heterocycles. The highest BCUT2D eigenvalue weighted by atomic mass is 79.9. The van der Waals surface area contributed by atoms with Crippen molar-refractivity contribution >= 4 is 21.7 Å². The van der Waals surface area contributed by atoms with Crippen LogP contribution in [0, 0.1) is 24.0 Å². The van der Waals surface area contributed by atoms with Crippen LogP contribution in [0.4, 0.5) is 5.82 Å². The Morgan fingerprint density at radius 3 is 2.19 bits per heavy atom. The zero-order valence-corrected chi connectivity index (χ0v) is 11.7. The summed E-state index contributed by atoms with van der Waals surface area (Å²) in [7, 11) is 0. The van der Waals surface area contributed by atoms with Crippen molar-refractivity contribution in [1.82, 2.24) is 4.98 Å². The number of nitrogens with zero attached hydrogens (tertiary/aromatic N) is 2. The van der Waals surface area contributed by atoms with Gasteiger partial charge in [-0.25, -0.2) is 0 Å². The van der Waals surface area contributed by atoms with E-state index in [9.17, 15) is 10.1 Å². The third-order valence-corrected chi connectivity index (χ3v) is 3.61. The van der Waals surface area contributed by atoms with Crippen molar-refractivity contribution in [2.45, 2.75) is 40.0 Å². The molecule has 0 spiro atoms. The van der Waals surface area contributed by atoms with Gasteiger partial charge < -0.3 is 10.1 Å². The minimum Gasteiger partial charge on any atom is -0.358 e. The quantitative estimate of drug-likeness (QED) is 0.585. The summed E-state index contributed by atoms with van der Waals surface area (Å²) in [5, 5.41) is 11.0. The smallest absolute Gasteiger partial charge is 0.358 e. The first-order valence-corrected chi connectivity index (χ1v) is 5.77. The molecule has 5 heteroatoms. The van der Waals surface area contributed by atoms with Gasteiger partial charge in [-0.15, -0.1) is 0 Å². The van der Waals surface area contributed by atoms with Crippen molar-refractivity contribution in [3.63, 3.8) is 0 Å². The van der Waals surface area contributed by atoms with Crippen molar-refractivity contribution < 1.29 is 4.92 Å². The van der Waals surface area contributed by atoms with E-state index in [-0.39, 0.29) is 11.2 Å². The van der Waals surface area contributed by atoms with Gasteiger partial charge in [-0.05, 0) is 43.7 Å². The van der Waals surface area contributed by atoms with E-state index in [4.69, 9.17) is 0 Å². The van der Waals surface area contributed by atoms with Crippen LogP contribution in [-0.4, -0.2) is 9.91 Å². The molecule has 88 valence electrons. The third-order valence-electron chi connectivity index (χ3n) is 2.44. The Labute approximate surface area is 103 Å². The Balaban J connectivity index is 3.68. The van der Waals surface area contributed by atoms with E-state index in [1.165, 1.54) is 0 Å². The molecule has 0 saturated carbocycles. The van der Waals surface area contributed by atoms with Gasteiger partial charge in [0.2, 0.25) is 0 Å². The number of aromatic nitrogens is 1. The first kappa shape index (κ1) is 13.1. The summed E-state index contributed by atoms with van der Waals surface area (Å²) >= 11 is 3.42. The summed E-state index contributed by atoms with van der Waals surface area (Å²) in [4.78, 5) is 14.7. The fourth-order valence-electron chi connectivity index (χ4n) is 1.84. The number of rotatable bonds is 1. The molecule has 0 aromatic carbocycles.